The molecular formula is C22H23N3O5S. The fourth-order valence-corrected chi connectivity index (χ4v) is 2.40. The van der Waals surface area contributed by atoms with Crippen molar-refractivity contribution in [1.82, 2.24) is 16.2 Å². The van der Waals surface area contributed by atoms with Gasteiger partial charge >= 0.3 is 5.97 Å². The van der Waals surface area contributed by atoms with E-state index >= 15 is 0 Å². The molecule has 3 N–H and O–H groups in total. The van der Waals surface area contributed by atoms with Crippen LogP contribution < -0.4 is 20.9 Å². The van der Waals surface area contributed by atoms with E-state index in [2.05, 4.69) is 16.2 Å². The standard InChI is InChI=1S/C22H23N3O5S/c1-3-29-21(28)17-9-11-18(12-10-17)30-14-20(27)24-25-22(31)23-19(26)13-8-16-6-4-15(2)5-7-16/h4-13H,3,14H2,1-2H3,(H,24,27)(H2,23,25,26,31)/b13-8+. The van der Waals surface area contributed by atoms with Crippen LogP contribution in [0, 0.1) is 6.92 Å². The molecule has 0 radical (unpaired) electrons. The van der Waals surface area contributed by atoms with Crippen molar-refractivity contribution in [2.45, 2.75) is 13.8 Å². The van der Waals surface area contributed by atoms with Crippen LogP contribution >= 0.6 is 12.2 Å². The van der Waals surface area contributed by atoms with Crippen molar-refractivity contribution in [1.29, 1.82) is 0 Å². The van der Waals surface area contributed by atoms with Crippen LogP contribution in [0.15, 0.2) is 54.6 Å². The molecule has 2 rings (SSSR count). The lowest BCUT2D eigenvalue weighted by Crippen LogP contribution is -2.49. The van der Waals surface area contributed by atoms with Gasteiger partial charge in [0, 0.05) is 6.08 Å². The number of benzene rings is 2. The molecule has 0 spiro atoms. The van der Waals surface area contributed by atoms with Gasteiger partial charge in [0.15, 0.2) is 11.7 Å². The normalized spacial score (nSPS) is 10.3. The Balaban J connectivity index is 1.69. The minimum absolute atomic E-state index is 0.0642. The number of aryl methyl sites for hydroxylation is 1. The van der Waals surface area contributed by atoms with Gasteiger partial charge in [-0.3, -0.25) is 25.8 Å². The Morgan fingerprint density at radius 3 is 2.32 bits per heavy atom. The molecule has 0 aliphatic heterocycles. The van der Waals surface area contributed by atoms with E-state index in [-0.39, 0.29) is 18.3 Å². The van der Waals surface area contributed by atoms with Crippen molar-refractivity contribution < 1.29 is 23.9 Å². The molecular weight excluding hydrogens is 418 g/mol. The maximum absolute atomic E-state index is 11.9. The highest BCUT2D eigenvalue weighted by Crippen LogP contribution is 2.12. The summed E-state index contributed by atoms with van der Waals surface area (Å²) in [7, 11) is 0. The largest absolute Gasteiger partial charge is 0.484 e. The molecule has 0 fully saturated rings. The predicted octanol–water partition coefficient (Wildman–Crippen LogP) is 2.29. The monoisotopic (exact) mass is 441 g/mol. The molecule has 0 unspecified atom stereocenters. The Labute approximate surface area is 185 Å². The molecule has 0 saturated carbocycles. The van der Waals surface area contributed by atoms with Gasteiger partial charge in [0.2, 0.25) is 5.91 Å². The third kappa shape index (κ3) is 8.67. The molecule has 0 saturated heterocycles. The first kappa shape index (κ1) is 23.6. The lowest BCUT2D eigenvalue weighted by atomic mass is 10.1. The number of hydrogen-bond acceptors (Lipinski definition) is 6. The molecule has 8 nitrogen and oxygen atoms in total. The summed E-state index contributed by atoms with van der Waals surface area (Å²) in [6, 6.07) is 13.8. The van der Waals surface area contributed by atoms with E-state index in [1.807, 2.05) is 31.2 Å². The zero-order valence-corrected chi connectivity index (χ0v) is 18.0. The molecule has 9 heteroatoms. The summed E-state index contributed by atoms with van der Waals surface area (Å²) in [6.45, 7) is 3.69. The molecule has 2 amide bonds. The zero-order chi connectivity index (χ0) is 22.6. The zero-order valence-electron chi connectivity index (χ0n) is 17.1. The number of amides is 2. The highest BCUT2D eigenvalue weighted by Gasteiger charge is 2.08. The molecule has 2 aromatic carbocycles. The number of ether oxygens (including phenoxy) is 2. The molecule has 0 atom stereocenters. The predicted molar refractivity (Wildman–Crippen MR) is 120 cm³/mol. The summed E-state index contributed by atoms with van der Waals surface area (Å²) in [5.74, 6) is -0.980. The molecule has 0 aliphatic rings. The molecule has 0 heterocycles. The van der Waals surface area contributed by atoms with Crippen LogP contribution in [0.5, 0.6) is 5.75 Å². The second kappa shape index (κ2) is 12.1. The number of hydrazine groups is 1. The lowest BCUT2D eigenvalue weighted by molar-refractivity contribution is -0.123. The molecule has 2 aromatic rings. The number of carbonyl (C=O) groups is 3. The van der Waals surface area contributed by atoms with Crippen molar-refractivity contribution in [2.75, 3.05) is 13.2 Å². The van der Waals surface area contributed by atoms with E-state index in [1.54, 1.807) is 25.1 Å². The van der Waals surface area contributed by atoms with E-state index in [0.29, 0.717) is 11.3 Å². The maximum Gasteiger partial charge on any atom is 0.338 e. The van der Waals surface area contributed by atoms with E-state index in [9.17, 15) is 14.4 Å². The van der Waals surface area contributed by atoms with Crippen molar-refractivity contribution in [3.8, 4) is 5.75 Å². The third-order valence-corrected chi connectivity index (χ3v) is 4.00. The lowest BCUT2D eigenvalue weighted by Gasteiger charge is -2.10. The highest BCUT2D eigenvalue weighted by atomic mass is 32.1. The van der Waals surface area contributed by atoms with E-state index in [1.165, 1.54) is 18.2 Å². The molecule has 31 heavy (non-hydrogen) atoms. The Kier molecular flexibility index (Phi) is 9.18. The Bertz CT molecular complexity index is 956. The summed E-state index contributed by atoms with van der Waals surface area (Å²) in [6.07, 6.45) is 2.99. The first-order valence-electron chi connectivity index (χ1n) is 9.42. The topological polar surface area (TPSA) is 106 Å². The third-order valence-electron chi connectivity index (χ3n) is 3.79. The van der Waals surface area contributed by atoms with Crippen LogP contribution in [0.2, 0.25) is 0 Å². The van der Waals surface area contributed by atoms with Gasteiger partial charge in [0.05, 0.1) is 12.2 Å². The van der Waals surface area contributed by atoms with Crippen LogP contribution in [-0.4, -0.2) is 36.1 Å². The summed E-state index contributed by atoms with van der Waals surface area (Å²) >= 11 is 4.96. The minimum atomic E-state index is -0.513. The summed E-state index contributed by atoms with van der Waals surface area (Å²) in [5.41, 5.74) is 7.12. The second-order valence-electron chi connectivity index (χ2n) is 6.27. The van der Waals surface area contributed by atoms with E-state index < -0.39 is 17.8 Å². The van der Waals surface area contributed by atoms with Gasteiger partial charge in [-0.1, -0.05) is 29.8 Å². The van der Waals surface area contributed by atoms with Crippen LogP contribution in [-0.2, 0) is 14.3 Å². The Morgan fingerprint density at radius 1 is 1.00 bits per heavy atom. The smallest absolute Gasteiger partial charge is 0.338 e. The highest BCUT2D eigenvalue weighted by molar-refractivity contribution is 7.80. The minimum Gasteiger partial charge on any atom is -0.484 e. The van der Waals surface area contributed by atoms with Gasteiger partial charge in [-0.2, -0.15) is 0 Å². The maximum atomic E-state index is 11.9. The molecule has 0 bridgehead atoms. The van der Waals surface area contributed by atoms with Crippen molar-refractivity contribution in [2.24, 2.45) is 0 Å². The van der Waals surface area contributed by atoms with Crippen LogP contribution in [0.1, 0.15) is 28.4 Å². The molecule has 0 aromatic heterocycles. The number of rotatable bonds is 7. The average molecular weight is 442 g/mol. The average Bonchev–Trinajstić information content (AvgIpc) is 2.76. The SMILES string of the molecule is CCOC(=O)c1ccc(OCC(=O)NNC(=S)NC(=O)/C=C/c2ccc(C)cc2)cc1. The summed E-state index contributed by atoms with van der Waals surface area (Å²) in [4.78, 5) is 35.3. The van der Waals surface area contributed by atoms with Crippen molar-refractivity contribution in [3.05, 3.63) is 71.3 Å². The van der Waals surface area contributed by atoms with Gasteiger partial charge in [-0.05, 0) is 62.0 Å². The van der Waals surface area contributed by atoms with Gasteiger partial charge in [-0.15, -0.1) is 0 Å². The Hall–Kier alpha value is -3.72. The molecule has 162 valence electrons. The van der Waals surface area contributed by atoms with Gasteiger partial charge < -0.3 is 9.47 Å². The van der Waals surface area contributed by atoms with Gasteiger partial charge in [0.25, 0.3) is 5.91 Å². The van der Waals surface area contributed by atoms with E-state index in [0.717, 1.165) is 11.1 Å². The number of esters is 1. The van der Waals surface area contributed by atoms with Gasteiger partial charge in [-0.25, -0.2) is 4.79 Å². The number of hydrogen-bond donors (Lipinski definition) is 3. The van der Waals surface area contributed by atoms with Crippen LogP contribution in [0.3, 0.4) is 0 Å². The van der Waals surface area contributed by atoms with Crippen molar-refractivity contribution in [3.63, 3.8) is 0 Å². The number of carbonyl (C=O) groups excluding carboxylic acids is 3. The van der Waals surface area contributed by atoms with Crippen LogP contribution in [0.4, 0.5) is 0 Å². The first-order chi connectivity index (χ1) is 14.9. The van der Waals surface area contributed by atoms with E-state index in [4.69, 9.17) is 21.7 Å². The first-order valence-corrected chi connectivity index (χ1v) is 9.82. The van der Waals surface area contributed by atoms with Crippen LogP contribution in [0.25, 0.3) is 6.08 Å². The van der Waals surface area contributed by atoms with Gasteiger partial charge in [0.1, 0.15) is 5.75 Å². The summed E-state index contributed by atoms with van der Waals surface area (Å²) in [5, 5.41) is 2.35. The quantitative estimate of drug-likeness (QED) is 0.262. The number of thiocarbonyl (C=S) groups is 1. The molecule has 0 aliphatic carbocycles. The van der Waals surface area contributed by atoms with Crippen molar-refractivity contribution >= 4 is 41.2 Å². The fourth-order valence-electron chi connectivity index (χ4n) is 2.25. The fraction of sp³-hybridized carbons (Fsp3) is 0.182. The summed E-state index contributed by atoms with van der Waals surface area (Å²) < 4.78 is 10.2. The second-order valence-corrected chi connectivity index (χ2v) is 6.68. The number of nitrogens with one attached hydrogen (secondary N) is 3. The Morgan fingerprint density at radius 2 is 1.68 bits per heavy atom.